The van der Waals surface area contributed by atoms with Crippen LogP contribution in [0.25, 0.3) is 0 Å². The predicted molar refractivity (Wildman–Crippen MR) is 77.7 cm³/mol. The lowest BCUT2D eigenvalue weighted by molar-refractivity contribution is -0.0873. The first-order valence-corrected chi connectivity index (χ1v) is 7.78. The van der Waals surface area contributed by atoms with Gasteiger partial charge < -0.3 is 4.74 Å². The minimum Gasteiger partial charge on any atom is -0.367 e. The van der Waals surface area contributed by atoms with Crippen molar-refractivity contribution < 1.29 is 4.74 Å². The summed E-state index contributed by atoms with van der Waals surface area (Å²) >= 11 is 0. The summed E-state index contributed by atoms with van der Waals surface area (Å²) in [4.78, 5) is 0. The molecule has 2 aliphatic carbocycles. The van der Waals surface area contributed by atoms with Crippen LogP contribution in [0.15, 0.2) is 24.3 Å². The van der Waals surface area contributed by atoms with Gasteiger partial charge in [0.15, 0.2) is 0 Å². The SMILES string of the molecule is CCCC1(C2(OCC)C=CCC=C2)CCCCC1. The van der Waals surface area contributed by atoms with Gasteiger partial charge in [0.25, 0.3) is 0 Å². The molecule has 1 heteroatoms. The molecule has 0 saturated heterocycles. The van der Waals surface area contributed by atoms with Gasteiger partial charge in [-0.2, -0.15) is 0 Å². The minimum absolute atomic E-state index is 0.115. The molecule has 1 saturated carbocycles. The summed E-state index contributed by atoms with van der Waals surface area (Å²) in [6.07, 6.45) is 19.7. The lowest BCUT2D eigenvalue weighted by Crippen LogP contribution is -2.49. The maximum Gasteiger partial charge on any atom is 0.110 e. The fourth-order valence-corrected chi connectivity index (χ4v) is 4.01. The molecule has 0 heterocycles. The van der Waals surface area contributed by atoms with Crippen molar-refractivity contribution in [3.05, 3.63) is 24.3 Å². The van der Waals surface area contributed by atoms with E-state index in [-0.39, 0.29) is 5.60 Å². The van der Waals surface area contributed by atoms with Crippen LogP contribution in [-0.4, -0.2) is 12.2 Å². The van der Waals surface area contributed by atoms with Crippen LogP contribution in [0.4, 0.5) is 0 Å². The molecule has 0 N–H and O–H groups in total. The number of ether oxygens (including phenoxy) is 1. The Hall–Kier alpha value is -0.560. The molecule has 102 valence electrons. The van der Waals surface area contributed by atoms with E-state index in [4.69, 9.17) is 4.74 Å². The van der Waals surface area contributed by atoms with Gasteiger partial charge in [0, 0.05) is 12.0 Å². The Labute approximate surface area is 112 Å². The highest BCUT2D eigenvalue weighted by Gasteiger charge is 2.48. The van der Waals surface area contributed by atoms with Gasteiger partial charge in [0.2, 0.25) is 0 Å². The van der Waals surface area contributed by atoms with Crippen molar-refractivity contribution >= 4 is 0 Å². The van der Waals surface area contributed by atoms with Gasteiger partial charge in [-0.25, -0.2) is 0 Å². The van der Waals surface area contributed by atoms with Crippen molar-refractivity contribution in [2.45, 2.75) is 70.8 Å². The highest BCUT2D eigenvalue weighted by atomic mass is 16.5. The van der Waals surface area contributed by atoms with Crippen LogP contribution in [0.5, 0.6) is 0 Å². The standard InChI is InChI=1S/C17H28O/c1-3-11-16(12-7-5-8-13-16)17(18-4-2)14-9-6-10-15-17/h9-10,14-15H,3-8,11-13H2,1-2H3. The first-order chi connectivity index (χ1) is 8.79. The number of rotatable bonds is 5. The smallest absolute Gasteiger partial charge is 0.110 e. The van der Waals surface area contributed by atoms with Crippen molar-refractivity contribution in [2.24, 2.45) is 5.41 Å². The van der Waals surface area contributed by atoms with Crippen molar-refractivity contribution in [3.63, 3.8) is 0 Å². The molecule has 0 aromatic rings. The molecule has 0 unspecified atom stereocenters. The first kappa shape index (κ1) is 13.9. The molecule has 0 atom stereocenters. The molecule has 1 fully saturated rings. The van der Waals surface area contributed by atoms with Crippen LogP contribution in [-0.2, 0) is 4.74 Å². The Balaban J connectivity index is 2.32. The van der Waals surface area contributed by atoms with Crippen LogP contribution < -0.4 is 0 Å². The summed E-state index contributed by atoms with van der Waals surface area (Å²) < 4.78 is 6.29. The Morgan fingerprint density at radius 2 is 1.67 bits per heavy atom. The van der Waals surface area contributed by atoms with E-state index < -0.39 is 0 Å². The third kappa shape index (κ3) is 2.42. The first-order valence-electron chi connectivity index (χ1n) is 7.78. The second kappa shape index (κ2) is 6.06. The van der Waals surface area contributed by atoms with Crippen LogP contribution in [0, 0.1) is 5.41 Å². The summed E-state index contributed by atoms with van der Waals surface area (Å²) in [5.41, 5.74) is 0.236. The third-order valence-electron chi connectivity index (χ3n) is 4.75. The molecule has 0 aromatic heterocycles. The van der Waals surface area contributed by atoms with E-state index in [1.165, 1.54) is 44.9 Å². The van der Waals surface area contributed by atoms with Gasteiger partial charge >= 0.3 is 0 Å². The zero-order chi connectivity index (χ0) is 12.9. The number of allylic oxidation sites excluding steroid dienone is 2. The Kier molecular flexibility index (Phi) is 4.66. The van der Waals surface area contributed by atoms with Crippen LogP contribution in [0.2, 0.25) is 0 Å². The van der Waals surface area contributed by atoms with Crippen LogP contribution in [0.3, 0.4) is 0 Å². The van der Waals surface area contributed by atoms with E-state index in [9.17, 15) is 0 Å². The van der Waals surface area contributed by atoms with E-state index in [1.807, 2.05) is 0 Å². The normalized spacial score (nSPS) is 25.2. The van der Waals surface area contributed by atoms with E-state index in [0.717, 1.165) is 13.0 Å². The Bertz CT molecular complexity index is 290. The summed E-state index contributed by atoms with van der Waals surface area (Å²) in [5, 5.41) is 0. The molecule has 0 aliphatic heterocycles. The zero-order valence-corrected chi connectivity index (χ0v) is 12.1. The topological polar surface area (TPSA) is 9.23 Å². The maximum atomic E-state index is 6.29. The van der Waals surface area contributed by atoms with Gasteiger partial charge in [-0.3, -0.25) is 0 Å². The highest BCUT2D eigenvalue weighted by molar-refractivity contribution is 5.27. The zero-order valence-electron chi connectivity index (χ0n) is 12.1. The molecule has 0 aromatic carbocycles. The molecule has 18 heavy (non-hydrogen) atoms. The quantitative estimate of drug-likeness (QED) is 0.620. The van der Waals surface area contributed by atoms with Gasteiger partial charge in [0.05, 0.1) is 0 Å². The van der Waals surface area contributed by atoms with Gasteiger partial charge in [-0.15, -0.1) is 0 Å². The van der Waals surface area contributed by atoms with Crippen molar-refractivity contribution in [1.29, 1.82) is 0 Å². The van der Waals surface area contributed by atoms with Gasteiger partial charge in [-0.05, 0) is 32.6 Å². The van der Waals surface area contributed by atoms with E-state index in [1.54, 1.807) is 0 Å². The third-order valence-corrected chi connectivity index (χ3v) is 4.75. The molecule has 2 rings (SSSR count). The summed E-state index contributed by atoms with van der Waals surface area (Å²) in [5.74, 6) is 0. The summed E-state index contributed by atoms with van der Waals surface area (Å²) in [7, 11) is 0. The minimum atomic E-state index is -0.115. The van der Waals surface area contributed by atoms with Crippen LogP contribution in [0.1, 0.15) is 65.2 Å². The van der Waals surface area contributed by atoms with E-state index >= 15 is 0 Å². The molecule has 0 amide bonds. The molecule has 1 nitrogen and oxygen atoms in total. The van der Waals surface area contributed by atoms with Crippen LogP contribution >= 0.6 is 0 Å². The van der Waals surface area contributed by atoms with E-state index in [2.05, 4.69) is 38.2 Å². The average molecular weight is 248 g/mol. The summed E-state index contributed by atoms with van der Waals surface area (Å²) in [6, 6.07) is 0. The van der Waals surface area contributed by atoms with Crippen molar-refractivity contribution in [1.82, 2.24) is 0 Å². The Morgan fingerprint density at radius 1 is 1.00 bits per heavy atom. The largest absolute Gasteiger partial charge is 0.367 e. The molecular weight excluding hydrogens is 220 g/mol. The molecule has 2 aliphatic rings. The fourth-order valence-electron chi connectivity index (χ4n) is 4.01. The van der Waals surface area contributed by atoms with Gasteiger partial charge in [0.1, 0.15) is 5.60 Å². The molecule has 0 bridgehead atoms. The van der Waals surface area contributed by atoms with E-state index in [0.29, 0.717) is 5.41 Å². The fraction of sp³-hybridized carbons (Fsp3) is 0.765. The lowest BCUT2D eigenvalue weighted by Gasteiger charge is -2.50. The van der Waals surface area contributed by atoms with Gasteiger partial charge in [-0.1, -0.05) is 56.9 Å². The summed E-state index contributed by atoms with van der Waals surface area (Å²) in [6.45, 7) is 5.24. The van der Waals surface area contributed by atoms with Crippen molar-refractivity contribution in [2.75, 3.05) is 6.61 Å². The Morgan fingerprint density at radius 3 is 2.22 bits per heavy atom. The average Bonchev–Trinajstić information content (AvgIpc) is 2.41. The molecular formula is C17H28O. The maximum absolute atomic E-state index is 6.29. The molecule has 0 spiro atoms. The lowest BCUT2D eigenvalue weighted by atomic mass is 9.60. The highest BCUT2D eigenvalue weighted by Crippen LogP contribution is 2.52. The second-order valence-electron chi connectivity index (χ2n) is 5.86. The monoisotopic (exact) mass is 248 g/mol. The molecule has 0 radical (unpaired) electrons. The number of hydrogen-bond acceptors (Lipinski definition) is 1. The number of hydrogen-bond donors (Lipinski definition) is 0. The second-order valence-corrected chi connectivity index (χ2v) is 5.86. The predicted octanol–water partition coefficient (Wildman–Crippen LogP) is 5.03. The van der Waals surface area contributed by atoms with Crippen molar-refractivity contribution in [3.8, 4) is 0 Å².